The van der Waals surface area contributed by atoms with Gasteiger partial charge in [0.05, 0.1) is 14.2 Å². The molecule has 5 rings (SSSR count). The van der Waals surface area contributed by atoms with Gasteiger partial charge in [0, 0.05) is 18.2 Å². The van der Waals surface area contributed by atoms with E-state index in [4.69, 9.17) is 15.2 Å². The molecule has 6 nitrogen and oxygen atoms in total. The van der Waals surface area contributed by atoms with Gasteiger partial charge in [-0.1, -0.05) is 85.3 Å². The van der Waals surface area contributed by atoms with E-state index in [1.165, 1.54) is 34.4 Å². The van der Waals surface area contributed by atoms with Crippen LogP contribution in [0, 0.1) is 20.8 Å². The number of rotatable bonds is 5. The van der Waals surface area contributed by atoms with Gasteiger partial charge in [-0.05, 0) is 91.1 Å². The number of aryl methyl sites for hydroxylation is 4. The highest BCUT2D eigenvalue weighted by Gasteiger charge is 2.01. The van der Waals surface area contributed by atoms with E-state index in [-0.39, 0.29) is 11.8 Å². The van der Waals surface area contributed by atoms with Crippen LogP contribution in [0.1, 0.15) is 46.5 Å². The van der Waals surface area contributed by atoms with E-state index in [1.807, 2.05) is 87.5 Å². The molecule has 230 valence electrons. The smallest absolute Gasteiger partial charge is 0.248 e. The lowest BCUT2D eigenvalue weighted by molar-refractivity contribution is -0.114. The first-order valence-corrected chi connectivity index (χ1v) is 14.4. The molecule has 0 aliphatic rings. The number of nitrogens with two attached hydrogens (primary N) is 1. The summed E-state index contributed by atoms with van der Waals surface area (Å²) in [5.41, 5.74) is 11.2. The zero-order valence-corrected chi connectivity index (χ0v) is 26.8. The Morgan fingerprint density at radius 1 is 0.705 bits per heavy atom. The summed E-state index contributed by atoms with van der Waals surface area (Å²) in [4.78, 5) is 21.2. The number of amides is 2. The van der Waals surface area contributed by atoms with Gasteiger partial charge in [-0.2, -0.15) is 0 Å². The molecule has 0 saturated carbocycles. The van der Waals surface area contributed by atoms with Crippen LogP contribution in [-0.2, 0) is 11.2 Å². The number of ether oxygens (including phenoxy) is 2. The number of hydrogen-bond acceptors (Lipinski definition) is 4. The van der Waals surface area contributed by atoms with Crippen molar-refractivity contribution in [3.05, 3.63) is 137 Å². The second-order valence-corrected chi connectivity index (χ2v) is 10.1. The number of benzene rings is 5. The van der Waals surface area contributed by atoms with Gasteiger partial charge in [0.1, 0.15) is 11.5 Å². The average molecular weight is 593 g/mol. The highest BCUT2D eigenvalue weighted by atomic mass is 16.5. The van der Waals surface area contributed by atoms with E-state index in [0.717, 1.165) is 29.2 Å². The average Bonchev–Trinajstić information content (AvgIpc) is 3.02. The Balaban J connectivity index is 0.000000208. The third-order valence-corrected chi connectivity index (χ3v) is 6.62. The molecule has 0 radical (unpaired) electrons. The molecule has 6 heteroatoms. The Morgan fingerprint density at radius 2 is 1.30 bits per heavy atom. The van der Waals surface area contributed by atoms with E-state index in [1.54, 1.807) is 26.4 Å². The predicted octanol–water partition coefficient (Wildman–Crippen LogP) is 8.46. The minimum atomic E-state index is -0.363. The normalized spacial score (nSPS) is 9.61. The molecule has 0 heterocycles. The Hall–Kier alpha value is -5.10. The Bertz CT molecular complexity index is 1590. The molecular formula is C38H44N2O4. The van der Waals surface area contributed by atoms with E-state index in [0.29, 0.717) is 5.56 Å². The molecule has 0 atom stereocenters. The SMILES string of the molecule is CC(=O)Nc1ccc(C)cc1.CCc1ccc2cc(OC)ccc2c1.COc1ccccc1C.Cc1ccccc1C(N)=O. The largest absolute Gasteiger partial charge is 0.497 e. The first-order chi connectivity index (χ1) is 21.1. The summed E-state index contributed by atoms with van der Waals surface area (Å²) in [6, 6.07) is 35.6. The van der Waals surface area contributed by atoms with Gasteiger partial charge in [-0.25, -0.2) is 0 Å². The monoisotopic (exact) mass is 592 g/mol. The standard InChI is InChI=1S/C13H14O.C9H11NO.C8H9NO.C8H10O/c1-3-10-4-5-12-9-13(14-2)7-6-11(12)8-10;1-7-3-5-9(6-4-7)10-8(2)11;1-6-4-2-3-5-7(6)8(9)10;1-7-5-3-4-6-8(7)9-2/h4-9H,3H2,1-2H3;3-6H,1-2H3,(H,10,11);2-5H,1H3,(H2,9,10);3-6H,1-2H3. The molecule has 0 saturated heterocycles. The summed E-state index contributed by atoms with van der Waals surface area (Å²) in [5, 5.41) is 5.21. The van der Waals surface area contributed by atoms with Crippen molar-refractivity contribution in [1.82, 2.24) is 0 Å². The number of hydrogen-bond donors (Lipinski definition) is 2. The number of primary amides is 1. The lowest BCUT2D eigenvalue weighted by atomic mass is 10.1. The molecule has 0 spiro atoms. The summed E-state index contributed by atoms with van der Waals surface area (Å²) in [5.74, 6) is 1.48. The van der Waals surface area contributed by atoms with E-state index in [2.05, 4.69) is 42.6 Å². The van der Waals surface area contributed by atoms with Crippen LogP contribution in [0.3, 0.4) is 0 Å². The molecule has 0 fully saturated rings. The first-order valence-electron chi connectivity index (χ1n) is 14.4. The van der Waals surface area contributed by atoms with Crippen LogP contribution in [0.25, 0.3) is 10.8 Å². The molecule has 0 bridgehead atoms. The summed E-state index contributed by atoms with van der Waals surface area (Å²) in [6.45, 7) is 9.57. The van der Waals surface area contributed by atoms with Crippen molar-refractivity contribution in [3.63, 3.8) is 0 Å². The van der Waals surface area contributed by atoms with Gasteiger partial charge in [-0.15, -0.1) is 0 Å². The molecule has 5 aromatic carbocycles. The number of nitrogens with one attached hydrogen (secondary N) is 1. The highest BCUT2D eigenvalue weighted by Crippen LogP contribution is 2.22. The maximum atomic E-state index is 10.6. The summed E-state index contributed by atoms with van der Waals surface area (Å²) >= 11 is 0. The fourth-order valence-electron chi connectivity index (χ4n) is 4.10. The first kappa shape index (κ1) is 35.1. The predicted molar refractivity (Wildman–Crippen MR) is 183 cm³/mol. The molecule has 0 aliphatic carbocycles. The summed E-state index contributed by atoms with van der Waals surface area (Å²) in [7, 11) is 3.38. The van der Waals surface area contributed by atoms with Crippen molar-refractivity contribution in [2.24, 2.45) is 5.73 Å². The lowest BCUT2D eigenvalue weighted by Crippen LogP contribution is -2.12. The fourth-order valence-corrected chi connectivity index (χ4v) is 4.10. The van der Waals surface area contributed by atoms with Gasteiger partial charge < -0.3 is 20.5 Å². The maximum Gasteiger partial charge on any atom is 0.248 e. The molecule has 0 aromatic heterocycles. The molecular weight excluding hydrogens is 548 g/mol. The van der Waals surface area contributed by atoms with Crippen LogP contribution >= 0.6 is 0 Å². The quantitative estimate of drug-likeness (QED) is 0.214. The van der Waals surface area contributed by atoms with E-state index < -0.39 is 0 Å². The zero-order valence-electron chi connectivity index (χ0n) is 26.8. The van der Waals surface area contributed by atoms with Crippen LogP contribution in [0.15, 0.2) is 109 Å². The molecule has 44 heavy (non-hydrogen) atoms. The van der Waals surface area contributed by atoms with Crippen molar-refractivity contribution >= 4 is 28.3 Å². The zero-order chi connectivity index (χ0) is 32.5. The summed E-state index contributed by atoms with van der Waals surface area (Å²) < 4.78 is 10.2. The number of anilines is 1. The summed E-state index contributed by atoms with van der Waals surface area (Å²) in [6.07, 6.45) is 1.09. The van der Waals surface area contributed by atoms with E-state index >= 15 is 0 Å². The number of fused-ring (bicyclic) bond motifs is 1. The van der Waals surface area contributed by atoms with Gasteiger partial charge in [-0.3, -0.25) is 9.59 Å². The van der Waals surface area contributed by atoms with Crippen LogP contribution < -0.4 is 20.5 Å². The second kappa shape index (κ2) is 18.4. The van der Waals surface area contributed by atoms with Gasteiger partial charge in [0.15, 0.2) is 0 Å². The third kappa shape index (κ3) is 12.0. The van der Waals surface area contributed by atoms with Gasteiger partial charge in [0.25, 0.3) is 0 Å². The number of carbonyl (C=O) groups excluding carboxylic acids is 2. The lowest BCUT2D eigenvalue weighted by Gasteiger charge is -2.03. The van der Waals surface area contributed by atoms with Gasteiger partial charge >= 0.3 is 0 Å². The Morgan fingerprint density at radius 3 is 1.80 bits per heavy atom. The van der Waals surface area contributed by atoms with Crippen LogP contribution in [0.2, 0.25) is 0 Å². The topological polar surface area (TPSA) is 90.7 Å². The molecule has 0 aliphatic heterocycles. The van der Waals surface area contributed by atoms with Crippen molar-refractivity contribution in [2.75, 3.05) is 19.5 Å². The Kier molecular flexibility index (Phi) is 14.7. The maximum absolute atomic E-state index is 10.6. The molecule has 0 unspecified atom stereocenters. The minimum absolute atomic E-state index is 0.0335. The Labute approximate surface area is 261 Å². The fraction of sp³-hybridized carbons (Fsp3) is 0.211. The van der Waals surface area contributed by atoms with E-state index in [9.17, 15) is 9.59 Å². The third-order valence-electron chi connectivity index (χ3n) is 6.62. The van der Waals surface area contributed by atoms with Crippen LogP contribution in [-0.4, -0.2) is 26.0 Å². The second-order valence-electron chi connectivity index (χ2n) is 10.1. The van der Waals surface area contributed by atoms with Gasteiger partial charge in [0.2, 0.25) is 11.8 Å². The van der Waals surface area contributed by atoms with Crippen molar-refractivity contribution in [3.8, 4) is 11.5 Å². The van der Waals surface area contributed by atoms with Crippen LogP contribution in [0.4, 0.5) is 5.69 Å². The van der Waals surface area contributed by atoms with Crippen molar-refractivity contribution in [2.45, 2.75) is 41.0 Å². The number of carbonyl (C=O) groups is 2. The minimum Gasteiger partial charge on any atom is -0.497 e. The van der Waals surface area contributed by atoms with Crippen molar-refractivity contribution in [1.29, 1.82) is 0 Å². The molecule has 3 N–H and O–H groups in total. The molecule has 2 amide bonds. The van der Waals surface area contributed by atoms with Crippen molar-refractivity contribution < 1.29 is 19.1 Å². The van der Waals surface area contributed by atoms with Crippen LogP contribution in [0.5, 0.6) is 11.5 Å². The highest BCUT2D eigenvalue weighted by molar-refractivity contribution is 5.94. The number of para-hydroxylation sites is 1. The number of methoxy groups -OCH3 is 2. The molecule has 5 aromatic rings.